The summed E-state index contributed by atoms with van der Waals surface area (Å²) in [5.74, 6) is -1.06. The number of benzene rings is 1. The number of nitrogens with one attached hydrogen (secondary N) is 2. The van der Waals surface area contributed by atoms with Gasteiger partial charge in [0.2, 0.25) is 0 Å². The molecule has 2 rings (SSSR count). The standard InChI is InChI=1S/C16H15BrF3N3O3/c1-23-7-12(17)6-13(23)15(25)22-21-14(24)11-4-2-10(3-5-11)8-26-9-16(18,19)20/h2-7H,8-9H2,1H3,(H,21,24)(H,22,25). The van der Waals surface area contributed by atoms with Gasteiger partial charge in [0.1, 0.15) is 12.3 Å². The number of rotatable bonds is 5. The number of carbonyl (C=O) groups is 2. The number of carbonyl (C=O) groups excluding carboxylic acids is 2. The minimum absolute atomic E-state index is 0.222. The quantitative estimate of drug-likeness (QED) is 0.712. The summed E-state index contributed by atoms with van der Waals surface area (Å²) in [5.41, 5.74) is 5.62. The second kappa shape index (κ2) is 8.37. The van der Waals surface area contributed by atoms with Crippen molar-refractivity contribution >= 4 is 27.7 Å². The van der Waals surface area contributed by atoms with Crippen LogP contribution in [0, 0.1) is 0 Å². The Kier molecular flexibility index (Phi) is 6.43. The lowest BCUT2D eigenvalue weighted by atomic mass is 10.1. The molecule has 2 amide bonds. The topological polar surface area (TPSA) is 72.4 Å². The van der Waals surface area contributed by atoms with Crippen LogP contribution in [-0.2, 0) is 18.4 Å². The summed E-state index contributed by atoms with van der Waals surface area (Å²) in [4.78, 5) is 24.0. The first-order chi connectivity index (χ1) is 12.2. The van der Waals surface area contributed by atoms with Crippen molar-refractivity contribution in [1.82, 2.24) is 15.4 Å². The summed E-state index contributed by atoms with van der Waals surface area (Å²) in [7, 11) is 1.68. The third kappa shape index (κ3) is 5.88. The Morgan fingerprint density at radius 1 is 1.15 bits per heavy atom. The largest absolute Gasteiger partial charge is 0.411 e. The van der Waals surface area contributed by atoms with Gasteiger partial charge in [0, 0.05) is 23.3 Å². The summed E-state index contributed by atoms with van der Waals surface area (Å²) in [6, 6.07) is 7.39. The van der Waals surface area contributed by atoms with Crippen molar-refractivity contribution in [1.29, 1.82) is 0 Å². The highest BCUT2D eigenvalue weighted by Crippen LogP contribution is 2.16. The summed E-state index contributed by atoms with van der Waals surface area (Å²) >= 11 is 3.24. The van der Waals surface area contributed by atoms with Crippen molar-refractivity contribution in [2.75, 3.05) is 6.61 Å². The Morgan fingerprint density at radius 3 is 2.31 bits per heavy atom. The molecule has 2 aromatic rings. The van der Waals surface area contributed by atoms with E-state index in [2.05, 4.69) is 31.5 Å². The van der Waals surface area contributed by atoms with Gasteiger partial charge in [0.25, 0.3) is 11.8 Å². The third-order valence-corrected chi connectivity index (χ3v) is 3.68. The van der Waals surface area contributed by atoms with Crippen LogP contribution < -0.4 is 10.9 Å². The summed E-state index contributed by atoms with van der Waals surface area (Å²) < 4.78 is 42.9. The summed E-state index contributed by atoms with van der Waals surface area (Å²) in [5, 5.41) is 0. The fraction of sp³-hybridized carbons (Fsp3) is 0.250. The highest BCUT2D eigenvalue weighted by atomic mass is 79.9. The fourth-order valence-corrected chi connectivity index (χ4v) is 2.56. The number of hydrogen-bond donors (Lipinski definition) is 2. The number of halogens is 4. The number of aryl methyl sites for hydroxylation is 1. The SMILES string of the molecule is Cn1cc(Br)cc1C(=O)NNC(=O)c1ccc(COCC(F)(F)F)cc1. The lowest BCUT2D eigenvalue weighted by Gasteiger charge is -2.09. The van der Waals surface area contributed by atoms with Crippen molar-refractivity contribution in [3.05, 3.63) is 57.8 Å². The van der Waals surface area contributed by atoms with Crippen molar-refractivity contribution in [2.45, 2.75) is 12.8 Å². The van der Waals surface area contributed by atoms with E-state index in [1.54, 1.807) is 23.9 Å². The molecule has 1 aromatic heterocycles. The number of nitrogens with zero attached hydrogens (tertiary/aromatic N) is 1. The molecule has 2 N–H and O–H groups in total. The highest BCUT2D eigenvalue weighted by Gasteiger charge is 2.27. The molecule has 0 aliphatic carbocycles. The minimum Gasteiger partial charge on any atom is -0.367 e. The highest BCUT2D eigenvalue weighted by molar-refractivity contribution is 9.10. The maximum absolute atomic E-state index is 12.0. The van der Waals surface area contributed by atoms with Crippen LogP contribution in [0.15, 0.2) is 41.0 Å². The Balaban J connectivity index is 1.85. The van der Waals surface area contributed by atoms with Gasteiger partial charge in [-0.25, -0.2) is 0 Å². The van der Waals surface area contributed by atoms with Gasteiger partial charge >= 0.3 is 6.18 Å². The van der Waals surface area contributed by atoms with E-state index in [1.807, 2.05) is 0 Å². The molecule has 10 heteroatoms. The summed E-state index contributed by atoms with van der Waals surface area (Å²) in [6.07, 6.45) is -2.69. The minimum atomic E-state index is -4.38. The van der Waals surface area contributed by atoms with Crippen LogP contribution in [0.3, 0.4) is 0 Å². The molecule has 0 atom stereocenters. The lowest BCUT2D eigenvalue weighted by Crippen LogP contribution is -2.42. The Labute approximate surface area is 155 Å². The van der Waals surface area contributed by atoms with E-state index in [0.717, 1.165) is 4.47 Å². The first-order valence-corrected chi connectivity index (χ1v) is 8.11. The van der Waals surface area contributed by atoms with Gasteiger partial charge in [-0.15, -0.1) is 0 Å². The van der Waals surface area contributed by atoms with E-state index >= 15 is 0 Å². The smallest absolute Gasteiger partial charge is 0.367 e. The Hall–Kier alpha value is -2.33. The summed E-state index contributed by atoms with van der Waals surface area (Å²) in [6.45, 7) is -1.56. The zero-order chi connectivity index (χ0) is 19.3. The first kappa shape index (κ1) is 20.0. The van der Waals surface area contributed by atoms with Crippen LogP contribution in [0.4, 0.5) is 13.2 Å². The Bertz CT molecular complexity index is 788. The molecular formula is C16H15BrF3N3O3. The molecule has 0 aliphatic heterocycles. The van der Waals surface area contributed by atoms with Crippen LogP contribution in [-0.4, -0.2) is 29.2 Å². The molecule has 1 heterocycles. The second-order valence-corrected chi connectivity index (χ2v) is 6.28. The van der Waals surface area contributed by atoms with Gasteiger partial charge in [-0.1, -0.05) is 12.1 Å². The molecule has 0 bridgehead atoms. The van der Waals surface area contributed by atoms with Crippen LogP contribution in [0.1, 0.15) is 26.4 Å². The molecule has 26 heavy (non-hydrogen) atoms. The number of alkyl halides is 3. The first-order valence-electron chi connectivity index (χ1n) is 7.32. The van der Waals surface area contributed by atoms with Crippen molar-refractivity contribution in [2.24, 2.45) is 7.05 Å². The van der Waals surface area contributed by atoms with Gasteiger partial charge in [0.15, 0.2) is 0 Å². The second-order valence-electron chi connectivity index (χ2n) is 5.37. The van der Waals surface area contributed by atoms with Crippen molar-refractivity contribution < 1.29 is 27.5 Å². The average molecular weight is 434 g/mol. The molecule has 0 spiro atoms. The number of ether oxygens (including phenoxy) is 1. The van der Waals surface area contributed by atoms with Gasteiger partial charge in [-0.3, -0.25) is 20.4 Å². The van der Waals surface area contributed by atoms with E-state index in [9.17, 15) is 22.8 Å². The van der Waals surface area contributed by atoms with Gasteiger partial charge < -0.3 is 9.30 Å². The molecule has 6 nitrogen and oxygen atoms in total. The molecule has 0 saturated carbocycles. The number of hydrogen-bond acceptors (Lipinski definition) is 3. The van der Waals surface area contributed by atoms with E-state index in [-0.39, 0.29) is 12.2 Å². The van der Waals surface area contributed by atoms with Gasteiger partial charge in [-0.05, 0) is 39.7 Å². The molecule has 0 aliphatic rings. The normalized spacial score (nSPS) is 11.3. The molecule has 140 valence electrons. The predicted molar refractivity (Wildman–Crippen MR) is 90.2 cm³/mol. The molecular weight excluding hydrogens is 419 g/mol. The number of hydrazine groups is 1. The Morgan fingerprint density at radius 2 is 1.77 bits per heavy atom. The fourth-order valence-electron chi connectivity index (χ4n) is 2.04. The third-order valence-electron chi connectivity index (χ3n) is 3.24. The van der Waals surface area contributed by atoms with Crippen LogP contribution in [0.5, 0.6) is 0 Å². The molecule has 0 radical (unpaired) electrons. The van der Waals surface area contributed by atoms with Gasteiger partial charge in [-0.2, -0.15) is 13.2 Å². The molecule has 0 fully saturated rings. The maximum Gasteiger partial charge on any atom is 0.411 e. The van der Waals surface area contributed by atoms with Crippen LogP contribution in [0.25, 0.3) is 0 Å². The lowest BCUT2D eigenvalue weighted by molar-refractivity contribution is -0.176. The zero-order valence-corrected chi connectivity index (χ0v) is 15.1. The van der Waals surface area contributed by atoms with Crippen molar-refractivity contribution in [3.8, 4) is 0 Å². The van der Waals surface area contributed by atoms with Crippen molar-refractivity contribution in [3.63, 3.8) is 0 Å². The monoisotopic (exact) mass is 433 g/mol. The van der Waals surface area contributed by atoms with Crippen LogP contribution >= 0.6 is 15.9 Å². The van der Waals surface area contributed by atoms with E-state index in [4.69, 9.17) is 0 Å². The zero-order valence-electron chi connectivity index (χ0n) is 13.6. The number of aromatic nitrogens is 1. The van der Waals surface area contributed by atoms with E-state index < -0.39 is 24.6 Å². The molecule has 0 saturated heterocycles. The number of amides is 2. The van der Waals surface area contributed by atoms with E-state index in [1.165, 1.54) is 24.3 Å². The molecule has 0 unspecified atom stereocenters. The maximum atomic E-state index is 12.0. The molecule has 1 aromatic carbocycles. The van der Waals surface area contributed by atoms with Gasteiger partial charge in [0.05, 0.1) is 6.61 Å². The van der Waals surface area contributed by atoms with E-state index in [0.29, 0.717) is 11.3 Å². The average Bonchev–Trinajstić information content (AvgIpc) is 2.90. The predicted octanol–water partition coefficient (Wildman–Crippen LogP) is 2.94. The van der Waals surface area contributed by atoms with Crippen LogP contribution in [0.2, 0.25) is 0 Å².